The second-order valence-corrected chi connectivity index (χ2v) is 4.93. The minimum Gasteiger partial charge on any atom is -0.368 e. The highest BCUT2D eigenvalue weighted by Gasteiger charge is 2.12. The van der Waals surface area contributed by atoms with Crippen LogP contribution in [0.5, 0.6) is 0 Å². The van der Waals surface area contributed by atoms with Gasteiger partial charge >= 0.3 is 0 Å². The van der Waals surface area contributed by atoms with E-state index in [4.69, 9.17) is 5.73 Å². The molecule has 0 saturated carbocycles. The highest BCUT2D eigenvalue weighted by molar-refractivity contribution is 5.87. The fraction of sp³-hybridized carbons (Fsp3) is 0.176. The Hall–Kier alpha value is -2.62. The Balaban J connectivity index is 2.00. The molecule has 4 nitrogen and oxygen atoms in total. The van der Waals surface area contributed by atoms with Crippen LogP contribution in [0.15, 0.2) is 54.6 Å². The zero-order valence-electron chi connectivity index (χ0n) is 11.9. The van der Waals surface area contributed by atoms with Crippen molar-refractivity contribution in [2.75, 3.05) is 0 Å². The molecule has 0 fully saturated rings. The summed E-state index contributed by atoms with van der Waals surface area (Å²) in [6, 6.07) is 17.2. The Morgan fingerprint density at radius 3 is 2.14 bits per heavy atom. The summed E-state index contributed by atoms with van der Waals surface area (Å²) < 4.78 is 0. The standard InChI is InChI=1S/C17H18N2O2/c1-12(17(18)21)19-16(20)11-13-7-9-15(10-8-13)14-5-3-2-4-6-14/h2-10,12H,11H2,1H3,(H2,18,21)(H,19,20). The maximum atomic E-state index is 11.8. The minimum absolute atomic E-state index is 0.214. The molecule has 0 aliphatic carbocycles. The molecule has 1 unspecified atom stereocenters. The third-order valence-electron chi connectivity index (χ3n) is 3.23. The van der Waals surface area contributed by atoms with Crippen molar-refractivity contribution in [3.63, 3.8) is 0 Å². The summed E-state index contributed by atoms with van der Waals surface area (Å²) in [4.78, 5) is 22.7. The Labute approximate surface area is 124 Å². The second kappa shape index (κ2) is 6.70. The largest absolute Gasteiger partial charge is 0.368 e. The van der Waals surface area contributed by atoms with Gasteiger partial charge in [-0.05, 0) is 23.6 Å². The van der Waals surface area contributed by atoms with Crippen LogP contribution in [-0.4, -0.2) is 17.9 Å². The van der Waals surface area contributed by atoms with Crippen molar-refractivity contribution in [2.24, 2.45) is 5.73 Å². The van der Waals surface area contributed by atoms with Crippen LogP contribution in [0, 0.1) is 0 Å². The van der Waals surface area contributed by atoms with Crippen molar-refractivity contribution in [1.82, 2.24) is 5.32 Å². The lowest BCUT2D eigenvalue weighted by Gasteiger charge is -2.10. The molecule has 0 bridgehead atoms. The summed E-state index contributed by atoms with van der Waals surface area (Å²) in [6.07, 6.45) is 0.229. The Kier molecular flexibility index (Phi) is 4.72. The average Bonchev–Trinajstić information content (AvgIpc) is 2.48. The number of carbonyl (C=O) groups is 2. The molecule has 2 amide bonds. The number of amides is 2. The first-order chi connectivity index (χ1) is 10.1. The quantitative estimate of drug-likeness (QED) is 0.879. The number of hydrogen-bond donors (Lipinski definition) is 2. The molecule has 2 rings (SSSR count). The SMILES string of the molecule is CC(NC(=O)Cc1ccc(-c2ccccc2)cc1)C(N)=O. The number of nitrogens with one attached hydrogen (secondary N) is 1. The van der Waals surface area contributed by atoms with E-state index in [0.717, 1.165) is 16.7 Å². The van der Waals surface area contributed by atoms with Crippen molar-refractivity contribution in [2.45, 2.75) is 19.4 Å². The molecule has 0 heterocycles. The highest BCUT2D eigenvalue weighted by Crippen LogP contribution is 2.19. The van der Waals surface area contributed by atoms with E-state index in [-0.39, 0.29) is 12.3 Å². The summed E-state index contributed by atoms with van der Waals surface area (Å²) in [5.41, 5.74) is 8.24. The van der Waals surface area contributed by atoms with Crippen molar-refractivity contribution in [3.8, 4) is 11.1 Å². The Bertz CT molecular complexity index is 621. The monoisotopic (exact) mass is 282 g/mol. The molecule has 0 aromatic heterocycles. The van der Waals surface area contributed by atoms with Crippen LogP contribution in [-0.2, 0) is 16.0 Å². The lowest BCUT2D eigenvalue weighted by molar-refractivity contribution is -0.126. The van der Waals surface area contributed by atoms with Gasteiger partial charge in [-0.1, -0.05) is 54.6 Å². The van der Waals surface area contributed by atoms with Gasteiger partial charge in [-0.15, -0.1) is 0 Å². The molecule has 0 saturated heterocycles. The van der Waals surface area contributed by atoms with Crippen LogP contribution in [0.1, 0.15) is 12.5 Å². The van der Waals surface area contributed by atoms with Crippen LogP contribution < -0.4 is 11.1 Å². The van der Waals surface area contributed by atoms with Crippen LogP contribution in [0.25, 0.3) is 11.1 Å². The van der Waals surface area contributed by atoms with Gasteiger partial charge in [0.15, 0.2) is 0 Å². The summed E-state index contributed by atoms with van der Waals surface area (Å²) >= 11 is 0. The first-order valence-electron chi connectivity index (χ1n) is 6.79. The van der Waals surface area contributed by atoms with E-state index in [9.17, 15) is 9.59 Å². The summed E-state index contributed by atoms with van der Waals surface area (Å²) in [5.74, 6) is -0.753. The predicted molar refractivity (Wildman–Crippen MR) is 82.4 cm³/mol. The maximum Gasteiger partial charge on any atom is 0.239 e. The number of carbonyl (C=O) groups excluding carboxylic acids is 2. The summed E-state index contributed by atoms with van der Waals surface area (Å²) in [5, 5.41) is 2.56. The van der Waals surface area contributed by atoms with Gasteiger partial charge in [-0.3, -0.25) is 9.59 Å². The van der Waals surface area contributed by atoms with E-state index in [0.29, 0.717) is 0 Å². The van der Waals surface area contributed by atoms with Crippen molar-refractivity contribution < 1.29 is 9.59 Å². The summed E-state index contributed by atoms with van der Waals surface area (Å²) in [6.45, 7) is 1.57. The van der Waals surface area contributed by atoms with E-state index in [1.165, 1.54) is 0 Å². The van der Waals surface area contributed by atoms with Crippen LogP contribution >= 0.6 is 0 Å². The van der Waals surface area contributed by atoms with Crippen molar-refractivity contribution >= 4 is 11.8 Å². The van der Waals surface area contributed by atoms with Gasteiger partial charge in [-0.25, -0.2) is 0 Å². The lowest BCUT2D eigenvalue weighted by atomic mass is 10.0. The molecule has 0 radical (unpaired) electrons. The lowest BCUT2D eigenvalue weighted by Crippen LogP contribution is -2.42. The fourth-order valence-corrected chi connectivity index (χ4v) is 1.99. The number of primary amides is 1. The molecule has 0 spiro atoms. The Morgan fingerprint density at radius 1 is 1.00 bits per heavy atom. The van der Waals surface area contributed by atoms with Gasteiger partial charge in [0.1, 0.15) is 6.04 Å². The first kappa shape index (κ1) is 14.8. The van der Waals surface area contributed by atoms with Crippen molar-refractivity contribution in [3.05, 3.63) is 60.2 Å². The summed E-state index contributed by atoms with van der Waals surface area (Å²) in [7, 11) is 0. The predicted octanol–water partition coefficient (Wildman–Crippen LogP) is 1.89. The number of hydrogen-bond acceptors (Lipinski definition) is 2. The third-order valence-corrected chi connectivity index (χ3v) is 3.23. The molecule has 2 aromatic carbocycles. The van der Waals surface area contributed by atoms with Crippen molar-refractivity contribution in [1.29, 1.82) is 0 Å². The number of nitrogens with two attached hydrogens (primary N) is 1. The number of rotatable bonds is 5. The van der Waals surface area contributed by atoms with Crippen LogP contribution in [0.4, 0.5) is 0 Å². The van der Waals surface area contributed by atoms with Gasteiger partial charge in [0.25, 0.3) is 0 Å². The molecule has 2 aromatic rings. The molecule has 0 aliphatic rings. The van der Waals surface area contributed by atoms with E-state index in [1.807, 2.05) is 54.6 Å². The van der Waals surface area contributed by atoms with E-state index >= 15 is 0 Å². The zero-order chi connectivity index (χ0) is 15.2. The van der Waals surface area contributed by atoms with E-state index in [2.05, 4.69) is 5.32 Å². The molecule has 3 N–H and O–H groups in total. The molecule has 1 atom stereocenters. The van der Waals surface area contributed by atoms with Crippen LogP contribution in [0.3, 0.4) is 0 Å². The van der Waals surface area contributed by atoms with E-state index < -0.39 is 11.9 Å². The van der Waals surface area contributed by atoms with Gasteiger partial charge in [0, 0.05) is 0 Å². The van der Waals surface area contributed by atoms with Gasteiger partial charge in [0.2, 0.25) is 11.8 Å². The Morgan fingerprint density at radius 2 is 1.57 bits per heavy atom. The van der Waals surface area contributed by atoms with Crippen LogP contribution in [0.2, 0.25) is 0 Å². The molecular weight excluding hydrogens is 264 g/mol. The molecule has 108 valence electrons. The number of benzene rings is 2. The minimum atomic E-state index is -0.652. The first-order valence-corrected chi connectivity index (χ1v) is 6.79. The van der Waals surface area contributed by atoms with Gasteiger partial charge in [0.05, 0.1) is 6.42 Å². The molecule has 21 heavy (non-hydrogen) atoms. The second-order valence-electron chi connectivity index (χ2n) is 4.93. The third kappa shape index (κ3) is 4.18. The van der Waals surface area contributed by atoms with E-state index in [1.54, 1.807) is 6.92 Å². The highest BCUT2D eigenvalue weighted by atomic mass is 16.2. The normalized spacial score (nSPS) is 11.7. The molecule has 4 heteroatoms. The smallest absolute Gasteiger partial charge is 0.239 e. The molecular formula is C17H18N2O2. The average molecular weight is 282 g/mol. The fourth-order valence-electron chi connectivity index (χ4n) is 1.99. The van der Waals surface area contributed by atoms with Gasteiger partial charge < -0.3 is 11.1 Å². The topological polar surface area (TPSA) is 72.2 Å². The molecule has 0 aliphatic heterocycles. The van der Waals surface area contributed by atoms with Gasteiger partial charge in [-0.2, -0.15) is 0 Å². The maximum absolute atomic E-state index is 11.8. The zero-order valence-corrected chi connectivity index (χ0v) is 11.9.